The van der Waals surface area contributed by atoms with Gasteiger partial charge >= 0.3 is 6.36 Å². The van der Waals surface area contributed by atoms with E-state index in [0.717, 1.165) is 69.3 Å². The zero-order chi connectivity index (χ0) is 27.2. The highest BCUT2D eigenvalue weighted by molar-refractivity contribution is 5.79. The van der Waals surface area contributed by atoms with Crippen molar-refractivity contribution in [1.82, 2.24) is 20.4 Å². The maximum atomic E-state index is 12.6. The van der Waals surface area contributed by atoms with Gasteiger partial charge in [-0.15, -0.1) is 13.2 Å². The fourth-order valence-electron chi connectivity index (χ4n) is 5.18. The van der Waals surface area contributed by atoms with Crippen molar-refractivity contribution < 1.29 is 27.2 Å². The van der Waals surface area contributed by atoms with Gasteiger partial charge < -0.3 is 19.5 Å². The molecule has 1 aliphatic carbocycles. The van der Waals surface area contributed by atoms with Crippen LogP contribution in [0.15, 0.2) is 59.1 Å². The predicted octanol–water partition coefficient (Wildman–Crippen LogP) is 5.79. The maximum absolute atomic E-state index is 12.6. The van der Waals surface area contributed by atoms with Crippen LogP contribution in [0.1, 0.15) is 73.3 Å². The summed E-state index contributed by atoms with van der Waals surface area (Å²) in [6.07, 6.45) is 1.41. The summed E-state index contributed by atoms with van der Waals surface area (Å²) < 4.78 is 46.5. The highest BCUT2D eigenvalue weighted by Crippen LogP contribution is 2.30. The number of amides is 1. The molecule has 7 nitrogen and oxygen atoms in total. The first-order chi connectivity index (χ1) is 18.8. The van der Waals surface area contributed by atoms with Gasteiger partial charge in [0.25, 0.3) is 0 Å². The molecule has 39 heavy (non-hydrogen) atoms. The van der Waals surface area contributed by atoms with Crippen LogP contribution in [0.2, 0.25) is 0 Å². The number of benzene rings is 2. The van der Waals surface area contributed by atoms with Crippen molar-refractivity contribution >= 4 is 5.91 Å². The molecule has 2 heterocycles. The average molecular weight is 543 g/mol. The molecule has 10 heteroatoms. The normalized spacial score (nSPS) is 17.9. The summed E-state index contributed by atoms with van der Waals surface area (Å²) in [6.45, 7) is 2.70. The highest BCUT2D eigenvalue weighted by atomic mass is 19.4. The van der Waals surface area contributed by atoms with Crippen LogP contribution >= 0.6 is 0 Å². The lowest BCUT2D eigenvalue weighted by Gasteiger charge is -2.32. The number of carbonyl (C=O) groups is 1. The lowest BCUT2D eigenvalue weighted by atomic mass is 9.84. The second-order valence-corrected chi connectivity index (χ2v) is 10.4. The molecule has 1 N–H and O–H groups in total. The number of carbonyl (C=O) groups excluding carboxylic acids is 1. The first-order valence-corrected chi connectivity index (χ1v) is 13.6. The topological polar surface area (TPSA) is 80.5 Å². The Bertz CT molecular complexity index is 1200. The van der Waals surface area contributed by atoms with Gasteiger partial charge in [-0.2, -0.15) is 4.98 Å². The molecule has 5 rings (SSSR count). The molecule has 2 aliphatic rings. The van der Waals surface area contributed by atoms with Gasteiger partial charge in [0.2, 0.25) is 11.8 Å². The molecule has 1 saturated heterocycles. The highest BCUT2D eigenvalue weighted by Gasteiger charge is 2.31. The third-order valence-electron chi connectivity index (χ3n) is 7.67. The van der Waals surface area contributed by atoms with E-state index in [-0.39, 0.29) is 29.5 Å². The fourth-order valence-corrected chi connectivity index (χ4v) is 5.18. The molecule has 2 aromatic carbocycles. The molecule has 1 atom stereocenters. The number of alkyl halides is 3. The summed E-state index contributed by atoms with van der Waals surface area (Å²) in [5.74, 6) is 1.36. The number of nitrogens with zero attached hydrogens (tertiary/aromatic N) is 3. The minimum atomic E-state index is -4.71. The molecular weight excluding hydrogens is 509 g/mol. The number of likely N-dealkylation sites (tertiary alicyclic amines) is 1. The van der Waals surface area contributed by atoms with E-state index in [1.54, 1.807) is 12.1 Å². The minimum absolute atomic E-state index is 0.00427. The molecular formula is C29H33F3N4O3. The third-order valence-corrected chi connectivity index (χ3v) is 7.67. The summed E-state index contributed by atoms with van der Waals surface area (Å²) in [5, 5.41) is 7.37. The van der Waals surface area contributed by atoms with Crippen LogP contribution in [0.3, 0.4) is 0 Å². The number of halogens is 3. The summed E-state index contributed by atoms with van der Waals surface area (Å²) in [7, 11) is 0. The number of hydrogen-bond donors (Lipinski definition) is 1. The molecule has 2 fully saturated rings. The Labute approximate surface area is 225 Å². The molecule has 0 unspecified atom stereocenters. The van der Waals surface area contributed by atoms with Crippen LogP contribution in [0.25, 0.3) is 0 Å². The van der Waals surface area contributed by atoms with Gasteiger partial charge in [0.1, 0.15) is 5.75 Å². The van der Waals surface area contributed by atoms with Crippen molar-refractivity contribution in [2.45, 2.75) is 63.3 Å². The number of rotatable bonds is 10. The number of nitrogens with one attached hydrogen (secondary N) is 1. The Balaban J connectivity index is 1.10. The van der Waals surface area contributed by atoms with Gasteiger partial charge in [0.15, 0.2) is 5.82 Å². The zero-order valence-corrected chi connectivity index (χ0v) is 21.7. The second-order valence-electron chi connectivity index (χ2n) is 10.4. The van der Waals surface area contributed by atoms with E-state index in [2.05, 4.69) is 37.2 Å². The van der Waals surface area contributed by atoms with Crippen molar-refractivity contribution in [2.75, 3.05) is 19.6 Å². The van der Waals surface area contributed by atoms with Gasteiger partial charge in [-0.05, 0) is 68.5 Å². The molecule has 3 aromatic rings. The molecule has 1 saturated carbocycles. The van der Waals surface area contributed by atoms with E-state index in [1.165, 1.54) is 12.1 Å². The Morgan fingerprint density at radius 2 is 1.77 bits per heavy atom. The molecule has 0 radical (unpaired) electrons. The van der Waals surface area contributed by atoms with Crippen LogP contribution in [-0.2, 0) is 11.2 Å². The Morgan fingerprint density at radius 3 is 2.41 bits per heavy atom. The quantitative estimate of drug-likeness (QED) is 0.350. The summed E-state index contributed by atoms with van der Waals surface area (Å²) >= 11 is 0. The Hall–Kier alpha value is -3.40. The van der Waals surface area contributed by atoms with Gasteiger partial charge in [-0.1, -0.05) is 54.0 Å². The predicted molar refractivity (Wildman–Crippen MR) is 138 cm³/mol. The number of piperidine rings is 1. The first kappa shape index (κ1) is 27.2. The summed E-state index contributed by atoms with van der Waals surface area (Å²) in [4.78, 5) is 19.6. The van der Waals surface area contributed by atoms with Gasteiger partial charge in [0.05, 0.1) is 6.04 Å². The molecule has 208 valence electrons. The van der Waals surface area contributed by atoms with Crippen LogP contribution in [0.4, 0.5) is 13.2 Å². The van der Waals surface area contributed by atoms with Crippen LogP contribution in [0, 0.1) is 5.92 Å². The first-order valence-electron chi connectivity index (χ1n) is 13.6. The van der Waals surface area contributed by atoms with E-state index >= 15 is 0 Å². The molecule has 1 aromatic heterocycles. The molecule has 0 bridgehead atoms. The number of hydrogen-bond acceptors (Lipinski definition) is 6. The summed E-state index contributed by atoms with van der Waals surface area (Å²) in [5.41, 5.74) is 1.91. The summed E-state index contributed by atoms with van der Waals surface area (Å²) in [6, 6.07) is 15.9. The van der Waals surface area contributed by atoms with E-state index in [4.69, 9.17) is 4.52 Å². The van der Waals surface area contributed by atoms with Crippen LogP contribution < -0.4 is 10.1 Å². The number of aromatic nitrogens is 2. The van der Waals surface area contributed by atoms with Crippen molar-refractivity contribution in [1.29, 1.82) is 0 Å². The molecule has 1 amide bonds. The zero-order valence-electron chi connectivity index (χ0n) is 21.7. The monoisotopic (exact) mass is 542 g/mol. The Kier molecular flexibility index (Phi) is 8.50. The van der Waals surface area contributed by atoms with Gasteiger partial charge in [-0.25, -0.2) is 0 Å². The van der Waals surface area contributed by atoms with Crippen molar-refractivity contribution in [2.24, 2.45) is 5.92 Å². The SMILES string of the molecule is O=C(N[C@@H](CCN1CCC(c2nc(Cc3ccc(OC(F)(F)F)cc3)no2)CC1)c1ccccc1)C1CCC1. The minimum Gasteiger partial charge on any atom is -0.406 e. The Morgan fingerprint density at radius 1 is 1.05 bits per heavy atom. The van der Waals surface area contributed by atoms with Crippen molar-refractivity contribution in [3.05, 3.63) is 77.4 Å². The standard InChI is InChI=1S/C29H33F3N4O3/c30-29(31,32)38-24-11-9-20(10-12-24)19-26-34-28(39-35-26)23-13-16-36(17-14-23)18-15-25(21-5-2-1-3-6-21)33-27(37)22-7-4-8-22/h1-3,5-6,9-12,22-23,25H,4,7-8,13-19H2,(H,33,37)/t25-/m0/s1. The van der Waals surface area contributed by atoms with Crippen molar-refractivity contribution in [3.8, 4) is 5.75 Å². The smallest absolute Gasteiger partial charge is 0.406 e. The average Bonchev–Trinajstić information content (AvgIpc) is 3.35. The van der Waals surface area contributed by atoms with E-state index in [0.29, 0.717) is 18.1 Å². The van der Waals surface area contributed by atoms with Crippen LogP contribution in [-0.4, -0.2) is 46.9 Å². The fraction of sp³-hybridized carbons (Fsp3) is 0.483. The van der Waals surface area contributed by atoms with Gasteiger partial charge in [-0.3, -0.25) is 4.79 Å². The lowest BCUT2D eigenvalue weighted by molar-refractivity contribution is -0.274. The maximum Gasteiger partial charge on any atom is 0.573 e. The molecule has 0 spiro atoms. The van der Waals surface area contributed by atoms with E-state index < -0.39 is 6.36 Å². The van der Waals surface area contributed by atoms with E-state index in [1.807, 2.05) is 18.2 Å². The number of ether oxygens (including phenoxy) is 1. The van der Waals surface area contributed by atoms with E-state index in [9.17, 15) is 18.0 Å². The lowest BCUT2D eigenvalue weighted by Crippen LogP contribution is -2.39. The third kappa shape index (κ3) is 7.59. The van der Waals surface area contributed by atoms with Crippen molar-refractivity contribution in [3.63, 3.8) is 0 Å². The van der Waals surface area contributed by atoms with Gasteiger partial charge in [0, 0.05) is 24.8 Å². The molecule has 1 aliphatic heterocycles. The second kappa shape index (κ2) is 12.2. The largest absolute Gasteiger partial charge is 0.573 e. The van der Waals surface area contributed by atoms with Crippen LogP contribution in [0.5, 0.6) is 5.75 Å².